The molecule has 2 N–H and O–H groups in total. The maximum absolute atomic E-state index is 9.62. The Labute approximate surface area is 76.5 Å². The summed E-state index contributed by atoms with van der Waals surface area (Å²) in [6, 6.07) is 1.95. The number of aliphatic hydroxyl groups is 2. The van der Waals surface area contributed by atoms with Gasteiger partial charge in [-0.15, -0.1) is 11.3 Å². The maximum Gasteiger partial charge on any atom is 0.0801 e. The molecule has 0 saturated heterocycles. The summed E-state index contributed by atoms with van der Waals surface area (Å²) in [4.78, 5) is 1.17. The lowest BCUT2D eigenvalue weighted by molar-refractivity contribution is 0.151. The highest BCUT2D eigenvalue weighted by Gasteiger charge is 2.09. The van der Waals surface area contributed by atoms with Gasteiger partial charge in [0.05, 0.1) is 6.10 Å². The molecule has 1 unspecified atom stereocenters. The van der Waals surface area contributed by atoms with E-state index < -0.39 is 6.10 Å². The molecule has 1 rings (SSSR count). The van der Waals surface area contributed by atoms with Crippen molar-refractivity contribution >= 4 is 11.3 Å². The first-order chi connectivity index (χ1) is 5.75. The van der Waals surface area contributed by atoms with Gasteiger partial charge in [-0.2, -0.15) is 0 Å². The summed E-state index contributed by atoms with van der Waals surface area (Å²) in [5.41, 5.74) is 1.01. The Morgan fingerprint density at radius 3 is 2.83 bits per heavy atom. The lowest BCUT2D eigenvalue weighted by atomic mass is 10.1. The molecule has 0 aromatic carbocycles. The van der Waals surface area contributed by atoms with Crippen LogP contribution in [0.1, 0.15) is 29.4 Å². The van der Waals surface area contributed by atoms with Gasteiger partial charge in [-0.1, -0.05) is 0 Å². The molecular formula is C9H14O2S. The minimum Gasteiger partial charge on any atom is -0.396 e. The zero-order valence-electron chi connectivity index (χ0n) is 7.16. The van der Waals surface area contributed by atoms with Crippen molar-refractivity contribution in [3.8, 4) is 0 Å². The average Bonchev–Trinajstić information content (AvgIpc) is 2.47. The van der Waals surface area contributed by atoms with E-state index in [9.17, 15) is 5.11 Å². The Morgan fingerprint density at radius 2 is 2.33 bits per heavy atom. The van der Waals surface area contributed by atoms with Crippen LogP contribution in [-0.4, -0.2) is 16.8 Å². The van der Waals surface area contributed by atoms with E-state index in [1.165, 1.54) is 4.88 Å². The summed E-state index contributed by atoms with van der Waals surface area (Å²) >= 11 is 1.64. The standard InChI is InChI=1S/C9H14O2S/c1-7-8(4-6-12-7)9(11)3-2-5-10/h4,6,9-11H,2-3,5H2,1H3. The van der Waals surface area contributed by atoms with Crippen molar-refractivity contribution in [2.24, 2.45) is 0 Å². The molecule has 0 bridgehead atoms. The van der Waals surface area contributed by atoms with Crippen LogP contribution in [0.25, 0.3) is 0 Å². The van der Waals surface area contributed by atoms with Crippen molar-refractivity contribution in [3.63, 3.8) is 0 Å². The van der Waals surface area contributed by atoms with Gasteiger partial charge in [0.15, 0.2) is 0 Å². The van der Waals surface area contributed by atoms with Gasteiger partial charge in [-0.05, 0) is 36.8 Å². The van der Waals surface area contributed by atoms with Crippen LogP contribution in [0.3, 0.4) is 0 Å². The molecule has 0 aliphatic carbocycles. The summed E-state index contributed by atoms with van der Waals surface area (Å²) in [6.07, 6.45) is 0.910. The summed E-state index contributed by atoms with van der Waals surface area (Å²) in [5, 5.41) is 20.2. The lowest BCUT2D eigenvalue weighted by Gasteiger charge is -2.08. The van der Waals surface area contributed by atoms with E-state index in [0.29, 0.717) is 12.8 Å². The Bertz CT molecular complexity index is 232. The second kappa shape index (κ2) is 4.60. The number of thiophene rings is 1. The quantitative estimate of drug-likeness (QED) is 0.753. The van der Waals surface area contributed by atoms with Crippen LogP contribution in [0.15, 0.2) is 11.4 Å². The third-order valence-corrected chi connectivity index (χ3v) is 2.76. The molecule has 12 heavy (non-hydrogen) atoms. The largest absolute Gasteiger partial charge is 0.396 e. The molecule has 0 saturated carbocycles. The normalized spacial score (nSPS) is 13.2. The van der Waals surface area contributed by atoms with Crippen LogP contribution in [0.4, 0.5) is 0 Å². The SMILES string of the molecule is Cc1sccc1C(O)CCCO. The first-order valence-electron chi connectivity index (χ1n) is 4.08. The molecule has 1 aromatic rings. The molecular weight excluding hydrogens is 172 g/mol. The van der Waals surface area contributed by atoms with Crippen LogP contribution in [0, 0.1) is 6.92 Å². The number of rotatable bonds is 4. The molecule has 68 valence electrons. The highest BCUT2D eigenvalue weighted by Crippen LogP contribution is 2.25. The number of hydrogen-bond acceptors (Lipinski definition) is 3. The van der Waals surface area contributed by atoms with Gasteiger partial charge in [-0.25, -0.2) is 0 Å². The summed E-state index contributed by atoms with van der Waals surface area (Å²) in [7, 11) is 0. The molecule has 0 spiro atoms. The van der Waals surface area contributed by atoms with E-state index in [4.69, 9.17) is 5.11 Å². The molecule has 0 fully saturated rings. The van der Waals surface area contributed by atoms with E-state index in [1.807, 2.05) is 18.4 Å². The zero-order valence-corrected chi connectivity index (χ0v) is 7.97. The van der Waals surface area contributed by atoms with Crippen molar-refractivity contribution in [3.05, 3.63) is 21.9 Å². The predicted molar refractivity (Wildman–Crippen MR) is 50.3 cm³/mol. The van der Waals surface area contributed by atoms with Crippen molar-refractivity contribution < 1.29 is 10.2 Å². The van der Waals surface area contributed by atoms with Crippen LogP contribution in [0.5, 0.6) is 0 Å². The Hall–Kier alpha value is -0.380. The van der Waals surface area contributed by atoms with Gasteiger partial charge in [-0.3, -0.25) is 0 Å². The summed E-state index contributed by atoms with van der Waals surface area (Å²) < 4.78 is 0. The van der Waals surface area contributed by atoms with E-state index in [0.717, 1.165) is 5.56 Å². The smallest absolute Gasteiger partial charge is 0.0801 e. The van der Waals surface area contributed by atoms with Crippen molar-refractivity contribution in [2.75, 3.05) is 6.61 Å². The number of aliphatic hydroxyl groups excluding tert-OH is 2. The van der Waals surface area contributed by atoms with Gasteiger partial charge in [0.1, 0.15) is 0 Å². The molecule has 1 atom stereocenters. The topological polar surface area (TPSA) is 40.5 Å². The van der Waals surface area contributed by atoms with Crippen molar-refractivity contribution in [1.29, 1.82) is 0 Å². The van der Waals surface area contributed by atoms with Gasteiger partial charge in [0.2, 0.25) is 0 Å². The fourth-order valence-electron chi connectivity index (χ4n) is 1.18. The molecule has 2 nitrogen and oxygen atoms in total. The number of aryl methyl sites for hydroxylation is 1. The summed E-state index contributed by atoms with van der Waals surface area (Å²) in [6.45, 7) is 2.16. The fourth-order valence-corrected chi connectivity index (χ4v) is 1.94. The van der Waals surface area contributed by atoms with Crippen LogP contribution in [-0.2, 0) is 0 Å². The van der Waals surface area contributed by atoms with Gasteiger partial charge >= 0.3 is 0 Å². The number of hydrogen-bond donors (Lipinski definition) is 2. The van der Waals surface area contributed by atoms with E-state index in [1.54, 1.807) is 11.3 Å². The third-order valence-electron chi connectivity index (χ3n) is 1.89. The van der Waals surface area contributed by atoms with Gasteiger partial charge in [0.25, 0.3) is 0 Å². The van der Waals surface area contributed by atoms with Crippen molar-refractivity contribution in [2.45, 2.75) is 25.9 Å². The van der Waals surface area contributed by atoms with Crippen molar-refractivity contribution in [1.82, 2.24) is 0 Å². The van der Waals surface area contributed by atoms with Gasteiger partial charge in [0, 0.05) is 11.5 Å². The monoisotopic (exact) mass is 186 g/mol. The second-order valence-corrected chi connectivity index (χ2v) is 3.93. The highest BCUT2D eigenvalue weighted by atomic mass is 32.1. The van der Waals surface area contributed by atoms with Crippen LogP contribution >= 0.6 is 11.3 Å². The molecule has 0 amide bonds. The average molecular weight is 186 g/mol. The molecule has 1 heterocycles. The minimum atomic E-state index is -0.400. The molecule has 0 aliphatic rings. The molecule has 3 heteroatoms. The predicted octanol–water partition coefficient (Wildman–Crippen LogP) is 1.86. The maximum atomic E-state index is 9.62. The van der Waals surface area contributed by atoms with E-state index in [-0.39, 0.29) is 6.61 Å². The third kappa shape index (κ3) is 2.30. The van der Waals surface area contributed by atoms with Crippen LogP contribution < -0.4 is 0 Å². The highest BCUT2D eigenvalue weighted by molar-refractivity contribution is 7.10. The van der Waals surface area contributed by atoms with E-state index in [2.05, 4.69) is 0 Å². The summed E-state index contributed by atoms with van der Waals surface area (Å²) in [5.74, 6) is 0. The van der Waals surface area contributed by atoms with E-state index >= 15 is 0 Å². The molecule has 1 aromatic heterocycles. The zero-order chi connectivity index (χ0) is 8.97. The minimum absolute atomic E-state index is 0.153. The second-order valence-electron chi connectivity index (χ2n) is 2.81. The lowest BCUT2D eigenvalue weighted by Crippen LogP contribution is -1.98. The first-order valence-corrected chi connectivity index (χ1v) is 4.96. The Morgan fingerprint density at radius 1 is 1.58 bits per heavy atom. The molecule has 0 radical (unpaired) electrons. The van der Waals surface area contributed by atoms with Gasteiger partial charge < -0.3 is 10.2 Å². The van der Waals surface area contributed by atoms with Crippen LogP contribution in [0.2, 0.25) is 0 Å². The fraction of sp³-hybridized carbons (Fsp3) is 0.556. The Balaban J connectivity index is 2.52. The molecule has 0 aliphatic heterocycles. The first kappa shape index (κ1) is 9.71. The Kier molecular flexibility index (Phi) is 3.72.